The number of hydrogen-bond acceptors (Lipinski definition) is 6. The van der Waals surface area contributed by atoms with Crippen LogP contribution in [0.4, 0.5) is 5.82 Å². The summed E-state index contributed by atoms with van der Waals surface area (Å²) >= 11 is 1.68. The van der Waals surface area contributed by atoms with Crippen molar-refractivity contribution in [3.05, 3.63) is 17.8 Å². The first-order valence-electron chi connectivity index (χ1n) is 7.70. The number of piperazine rings is 1. The van der Waals surface area contributed by atoms with Gasteiger partial charge in [-0.1, -0.05) is 6.92 Å². The molecule has 3 heterocycles. The quantitative estimate of drug-likeness (QED) is 0.901. The van der Waals surface area contributed by atoms with Crippen LogP contribution < -0.4 is 10.2 Å². The molecule has 0 spiro atoms. The lowest BCUT2D eigenvalue weighted by molar-refractivity contribution is -0.122. The fourth-order valence-corrected chi connectivity index (χ4v) is 3.50. The van der Waals surface area contributed by atoms with Gasteiger partial charge in [-0.2, -0.15) is 0 Å². The number of nitrogens with zero attached hydrogens (tertiary/aromatic N) is 4. The number of rotatable bonds is 5. The summed E-state index contributed by atoms with van der Waals surface area (Å²) in [7, 11) is 0. The molecule has 1 amide bonds. The topological polar surface area (TPSA) is 61.4 Å². The van der Waals surface area contributed by atoms with Crippen molar-refractivity contribution in [2.45, 2.75) is 13.3 Å². The average molecular weight is 319 g/mol. The summed E-state index contributed by atoms with van der Waals surface area (Å²) in [4.78, 5) is 25.0. The van der Waals surface area contributed by atoms with Crippen LogP contribution in [0.2, 0.25) is 0 Å². The van der Waals surface area contributed by atoms with Gasteiger partial charge < -0.3 is 10.2 Å². The van der Waals surface area contributed by atoms with Crippen molar-refractivity contribution in [3.63, 3.8) is 0 Å². The van der Waals surface area contributed by atoms with Gasteiger partial charge in [0.25, 0.3) is 0 Å². The third kappa shape index (κ3) is 3.36. The lowest BCUT2D eigenvalue weighted by Crippen LogP contribution is -2.49. The van der Waals surface area contributed by atoms with E-state index in [0.29, 0.717) is 6.54 Å². The van der Waals surface area contributed by atoms with Crippen LogP contribution in [-0.2, 0) is 4.79 Å². The maximum atomic E-state index is 11.8. The monoisotopic (exact) mass is 319 g/mol. The zero-order valence-electron chi connectivity index (χ0n) is 12.8. The molecule has 118 valence electrons. The molecule has 0 aromatic carbocycles. The van der Waals surface area contributed by atoms with Gasteiger partial charge in [-0.3, -0.25) is 9.69 Å². The summed E-state index contributed by atoms with van der Waals surface area (Å²) in [5.41, 5.74) is 1.01. The summed E-state index contributed by atoms with van der Waals surface area (Å²) < 4.78 is 1.15. The van der Waals surface area contributed by atoms with Crippen molar-refractivity contribution in [3.8, 4) is 0 Å². The van der Waals surface area contributed by atoms with E-state index in [0.717, 1.165) is 55.2 Å². The molecule has 7 heteroatoms. The zero-order chi connectivity index (χ0) is 15.4. The standard InChI is InChI=1S/C15H21N5OS/c1-2-4-16-13(21)10-19-5-7-20(8-6-19)15-14-12(3-9-22-14)17-11-18-15/h3,9,11H,2,4-8,10H2,1H3,(H,16,21). The van der Waals surface area contributed by atoms with Gasteiger partial charge in [0.05, 0.1) is 16.8 Å². The van der Waals surface area contributed by atoms with Gasteiger partial charge in [-0.25, -0.2) is 9.97 Å². The number of aromatic nitrogens is 2. The Balaban J connectivity index is 1.58. The number of amides is 1. The minimum Gasteiger partial charge on any atom is -0.355 e. The molecule has 0 unspecified atom stereocenters. The molecular formula is C15H21N5OS. The van der Waals surface area contributed by atoms with Crippen LogP contribution in [0.3, 0.4) is 0 Å². The number of carbonyl (C=O) groups is 1. The molecule has 2 aromatic rings. The molecular weight excluding hydrogens is 298 g/mol. The molecule has 0 atom stereocenters. The van der Waals surface area contributed by atoms with Crippen LogP contribution in [0.1, 0.15) is 13.3 Å². The molecule has 2 aromatic heterocycles. The molecule has 1 N–H and O–H groups in total. The van der Waals surface area contributed by atoms with Crippen LogP contribution in [-0.4, -0.2) is 60.0 Å². The molecule has 0 radical (unpaired) electrons. The zero-order valence-corrected chi connectivity index (χ0v) is 13.6. The Bertz CT molecular complexity index is 636. The molecule has 0 aliphatic carbocycles. The fraction of sp³-hybridized carbons (Fsp3) is 0.533. The Morgan fingerprint density at radius 2 is 2.14 bits per heavy atom. The van der Waals surface area contributed by atoms with Gasteiger partial charge in [0.15, 0.2) is 0 Å². The third-order valence-corrected chi connectivity index (χ3v) is 4.74. The molecule has 1 fully saturated rings. The van der Waals surface area contributed by atoms with E-state index in [-0.39, 0.29) is 5.91 Å². The maximum Gasteiger partial charge on any atom is 0.234 e. The summed E-state index contributed by atoms with van der Waals surface area (Å²) in [6, 6.07) is 2.03. The maximum absolute atomic E-state index is 11.8. The largest absolute Gasteiger partial charge is 0.355 e. The molecule has 6 nitrogen and oxygen atoms in total. The first kappa shape index (κ1) is 15.2. The van der Waals surface area contributed by atoms with E-state index in [9.17, 15) is 4.79 Å². The first-order valence-corrected chi connectivity index (χ1v) is 8.58. The van der Waals surface area contributed by atoms with E-state index in [1.54, 1.807) is 17.7 Å². The molecule has 22 heavy (non-hydrogen) atoms. The highest BCUT2D eigenvalue weighted by Crippen LogP contribution is 2.28. The summed E-state index contributed by atoms with van der Waals surface area (Å²) in [6.45, 7) is 6.87. The van der Waals surface area contributed by atoms with E-state index in [1.807, 2.05) is 6.07 Å². The lowest BCUT2D eigenvalue weighted by atomic mass is 10.3. The van der Waals surface area contributed by atoms with E-state index < -0.39 is 0 Å². The second kappa shape index (κ2) is 7.02. The summed E-state index contributed by atoms with van der Waals surface area (Å²) in [6.07, 6.45) is 2.61. The SMILES string of the molecule is CCCNC(=O)CN1CCN(c2ncnc3ccsc23)CC1. The van der Waals surface area contributed by atoms with Crippen LogP contribution in [0.15, 0.2) is 17.8 Å². The van der Waals surface area contributed by atoms with Gasteiger partial charge in [0, 0.05) is 32.7 Å². The van der Waals surface area contributed by atoms with Crippen LogP contribution >= 0.6 is 11.3 Å². The van der Waals surface area contributed by atoms with Crippen molar-refractivity contribution in [1.82, 2.24) is 20.2 Å². The van der Waals surface area contributed by atoms with Gasteiger partial charge in [0.2, 0.25) is 5.91 Å². The highest BCUT2D eigenvalue weighted by molar-refractivity contribution is 7.17. The second-order valence-corrected chi connectivity index (χ2v) is 6.36. The van der Waals surface area contributed by atoms with Gasteiger partial charge in [0.1, 0.15) is 12.1 Å². The fourth-order valence-electron chi connectivity index (χ4n) is 2.64. The van der Waals surface area contributed by atoms with Crippen LogP contribution in [0.5, 0.6) is 0 Å². The van der Waals surface area contributed by atoms with E-state index in [1.165, 1.54) is 0 Å². The van der Waals surface area contributed by atoms with Crippen molar-refractivity contribution in [1.29, 1.82) is 0 Å². The molecule has 1 aliphatic heterocycles. The number of carbonyl (C=O) groups excluding carboxylic acids is 1. The first-order chi connectivity index (χ1) is 10.8. The van der Waals surface area contributed by atoms with Crippen molar-refractivity contribution in [2.24, 2.45) is 0 Å². The normalized spacial score (nSPS) is 16.1. The smallest absolute Gasteiger partial charge is 0.234 e. The Hall–Kier alpha value is -1.73. The van der Waals surface area contributed by atoms with Gasteiger partial charge >= 0.3 is 0 Å². The Kier molecular flexibility index (Phi) is 4.84. The highest BCUT2D eigenvalue weighted by Gasteiger charge is 2.21. The summed E-state index contributed by atoms with van der Waals surface area (Å²) in [5, 5.41) is 4.98. The van der Waals surface area contributed by atoms with Gasteiger partial charge in [-0.15, -0.1) is 11.3 Å². The van der Waals surface area contributed by atoms with E-state index in [4.69, 9.17) is 0 Å². The predicted octanol–water partition coefficient (Wildman–Crippen LogP) is 1.34. The van der Waals surface area contributed by atoms with Crippen LogP contribution in [0.25, 0.3) is 10.2 Å². The Morgan fingerprint density at radius 3 is 2.91 bits per heavy atom. The van der Waals surface area contributed by atoms with Crippen molar-refractivity contribution in [2.75, 3.05) is 44.2 Å². The van der Waals surface area contributed by atoms with Crippen molar-refractivity contribution >= 4 is 33.3 Å². The number of thiophene rings is 1. The highest BCUT2D eigenvalue weighted by atomic mass is 32.1. The summed E-state index contributed by atoms with van der Waals surface area (Å²) in [5.74, 6) is 1.15. The van der Waals surface area contributed by atoms with Crippen LogP contribution in [0, 0.1) is 0 Å². The molecule has 1 aliphatic rings. The Labute approximate surface area is 134 Å². The lowest BCUT2D eigenvalue weighted by Gasteiger charge is -2.35. The minimum atomic E-state index is 0.123. The molecule has 0 saturated carbocycles. The number of hydrogen-bond donors (Lipinski definition) is 1. The van der Waals surface area contributed by atoms with Crippen molar-refractivity contribution < 1.29 is 4.79 Å². The molecule has 1 saturated heterocycles. The van der Waals surface area contributed by atoms with E-state index >= 15 is 0 Å². The third-order valence-electron chi connectivity index (χ3n) is 3.84. The minimum absolute atomic E-state index is 0.123. The molecule has 3 rings (SSSR count). The predicted molar refractivity (Wildman–Crippen MR) is 89.4 cm³/mol. The van der Waals surface area contributed by atoms with Gasteiger partial charge in [-0.05, 0) is 17.9 Å². The molecule has 0 bridgehead atoms. The average Bonchev–Trinajstić information content (AvgIpc) is 3.02. The second-order valence-electron chi connectivity index (χ2n) is 5.45. The number of fused-ring (bicyclic) bond motifs is 1. The number of nitrogens with one attached hydrogen (secondary N) is 1. The van der Waals surface area contributed by atoms with E-state index in [2.05, 4.69) is 37.4 Å². The Morgan fingerprint density at radius 1 is 1.32 bits per heavy atom. The number of anilines is 1.